The lowest BCUT2D eigenvalue weighted by molar-refractivity contribution is 0.886. The lowest BCUT2D eigenvalue weighted by atomic mass is 10.3. The number of aryl methyl sites for hydroxylation is 1. The second kappa shape index (κ2) is 4.67. The molecule has 1 heterocycles. The maximum absolute atomic E-state index is 8.96. The molecule has 2 rings (SSSR count). The average molecular weight is 218 g/mol. The summed E-state index contributed by atoms with van der Waals surface area (Å²) in [6.07, 6.45) is 6.99. The molecule has 0 bridgehead atoms. The second-order valence-corrected chi connectivity index (χ2v) is 5.34. The van der Waals surface area contributed by atoms with Crippen LogP contribution in [0.2, 0.25) is 0 Å². The molecule has 1 aromatic heterocycles. The summed E-state index contributed by atoms with van der Waals surface area (Å²) in [6.45, 7) is 2.02. The van der Waals surface area contributed by atoms with E-state index in [0.717, 1.165) is 10.5 Å². The van der Waals surface area contributed by atoms with E-state index in [0.29, 0.717) is 10.9 Å². The second-order valence-electron chi connectivity index (χ2n) is 4.00. The number of hydrogen-bond donors (Lipinski definition) is 0. The number of nitriles is 1. The fourth-order valence-electron chi connectivity index (χ4n) is 1.90. The first-order valence-electron chi connectivity index (χ1n) is 5.33. The molecule has 78 valence electrons. The summed E-state index contributed by atoms with van der Waals surface area (Å²) in [5.74, 6) is 0. The lowest BCUT2D eigenvalue weighted by Crippen LogP contribution is -1.96. The zero-order valence-electron chi connectivity index (χ0n) is 8.86. The van der Waals surface area contributed by atoms with Gasteiger partial charge >= 0.3 is 0 Å². The molecule has 0 aliphatic heterocycles. The zero-order chi connectivity index (χ0) is 10.7. The summed E-state index contributed by atoms with van der Waals surface area (Å²) in [5.41, 5.74) is 1.71. The molecule has 0 atom stereocenters. The summed E-state index contributed by atoms with van der Waals surface area (Å²) in [6, 6.07) is 4.24. The number of rotatable bonds is 2. The zero-order valence-corrected chi connectivity index (χ0v) is 9.68. The third-order valence-corrected chi connectivity index (χ3v) is 4.06. The normalized spacial score (nSPS) is 16.5. The molecule has 0 N–H and O–H groups in total. The Labute approximate surface area is 94.7 Å². The van der Waals surface area contributed by atoms with Crippen molar-refractivity contribution in [2.45, 2.75) is 42.8 Å². The predicted octanol–water partition coefficient (Wildman–Crippen LogP) is 3.30. The highest BCUT2D eigenvalue weighted by Crippen LogP contribution is 2.35. The Bertz CT molecular complexity index is 389. The van der Waals surface area contributed by atoms with Crippen molar-refractivity contribution in [3.63, 3.8) is 0 Å². The van der Waals surface area contributed by atoms with Gasteiger partial charge in [-0.05, 0) is 31.4 Å². The molecule has 1 aliphatic rings. The Hall–Kier alpha value is -1.01. The standard InChI is InChI=1S/C12H14N2S/c1-9-6-12(11(7-13)14-8-9)15-10-4-2-3-5-10/h6,8,10H,2-5H2,1H3. The highest BCUT2D eigenvalue weighted by Gasteiger charge is 2.18. The molecule has 0 unspecified atom stereocenters. The molecule has 0 spiro atoms. The quantitative estimate of drug-likeness (QED) is 0.764. The van der Waals surface area contributed by atoms with Crippen molar-refractivity contribution < 1.29 is 0 Å². The Morgan fingerprint density at radius 3 is 2.87 bits per heavy atom. The van der Waals surface area contributed by atoms with Crippen molar-refractivity contribution in [2.75, 3.05) is 0 Å². The minimum Gasteiger partial charge on any atom is -0.244 e. The summed E-state index contributed by atoms with van der Waals surface area (Å²) in [4.78, 5) is 5.22. The monoisotopic (exact) mass is 218 g/mol. The van der Waals surface area contributed by atoms with E-state index in [1.807, 2.05) is 18.7 Å². The van der Waals surface area contributed by atoms with Crippen LogP contribution < -0.4 is 0 Å². The van der Waals surface area contributed by atoms with E-state index in [2.05, 4.69) is 17.1 Å². The van der Waals surface area contributed by atoms with Gasteiger partial charge in [0.05, 0.1) is 0 Å². The van der Waals surface area contributed by atoms with Crippen LogP contribution in [0.1, 0.15) is 36.9 Å². The van der Waals surface area contributed by atoms with E-state index in [-0.39, 0.29) is 0 Å². The minimum atomic E-state index is 0.581. The number of nitrogens with zero attached hydrogens (tertiary/aromatic N) is 2. The highest BCUT2D eigenvalue weighted by atomic mass is 32.2. The third kappa shape index (κ3) is 2.51. The highest BCUT2D eigenvalue weighted by molar-refractivity contribution is 8.00. The van der Waals surface area contributed by atoms with Gasteiger partial charge in [-0.2, -0.15) is 5.26 Å². The molecule has 1 saturated carbocycles. The summed E-state index contributed by atoms with van der Waals surface area (Å²) < 4.78 is 0. The van der Waals surface area contributed by atoms with Crippen LogP contribution in [0.25, 0.3) is 0 Å². The number of thioether (sulfide) groups is 1. The molecule has 0 amide bonds. The predicted molar refractivity (Wildman–Crippen MR) is 61.8 cm³/mol. The molecule has 15 heavy (non-hydrogen) atoms. The van der Waals surface area contributed by atoms with Gasteiger partial charge in [0.25, 0.3) is 0 Å². The first-order valence-corrected chi connectivity index (χ1v) is 6.21. The van der Waals surface area contributed by atoms with Crippen molar-refractivity contribution in [2.24, 2.45) is 0 Å². The van der Waals surface area contributed by atoms with E-state index in [1.54, 1.807) is 6.20 Å². The summed E-state index contributed by atoms with van der Waals surface area (Å²) >= 11 is 1.83. The lowest BCUT2D eigenvalue weighted by Gasteiger charge is -2.09. The molecule has 0 saturated heterocycles. The van der Waals surface area contributed by atoms with Crippen molar-refractivity contribution in [3.05, 3.63) is 23.5 Å². The van der Waals surface area contributed by atoms with Crippen LogP contribution >= 0.6 is 11.8 Å². The van der Waals surface area contributed by atoms with E-state index < -0.39 is 0 Å². The van der Waals surface area contributed by atoms with E-state index in [9.17, 15) is 0 Å². The Kier molecular flexibility index (Phi) is 3.27. The first-order chi connectivity index (χ1) is 7.29. The molecule has 0 radical (unpaired) electrons. The Morgan fingerprint density at radius 2 is 2.20 bits per heavy atom. The molecule has 1 fully saturated rings. The van der Waals surface area contributed by atoms with Gasteiger partial charge < -0.3 is 0 Å². The molecule has 1 aliphatic carbocycles. The Morgan fingerprint density at radius 1 is 1.47 bits per heavy atom. The van der Waals surface area contributed by atoms with Crippen LogP contribution in [-0.4, -0.2) is 10.2 Å². The van der Waals surface area contributed by atoms with Gasteiger partial charge in [-0.1, -0.05) is 12.8 Å². The maximum atomic E-state index is 8.96. The number of aromatic nitrogens is 1. The fourth-order valence-corrected chi connectivity index (χ4v) is 3.29. The van der Waals surface area contributed by atoms with Crippen molar-refractivity contribution >= 4 is 11.8 Å². The van der Waals surface area contributed by atoms with Gasteiger partial charge in [-0.25, -0.2) is 4.98 Å². The number of pyridine rings is 1. The SMILES string of the molecule is Cc1cnc(C#N)c(SC2CCCC2)c1. The van der Waals surface area contributed by atoms with E-state index in [1.165, 1.54) is 25.7 Å². The minimum absolute atomic E-state index is 0.581. The maximum Gasteiger partial charge on any atom is 0.154 e. The van der Waals surface area contributed by atoms with E-state index in [4.69, 9.17) is 5.26 Å². The Balaban J connectivity index is 2.18. The molecule has 0 aromatic carbocycles. The van der Waals surface area contributed by atoms with Crippen LogP contribution in [0.4, 0.5) is 0 Å². The average Bonchev–Trinajstić information content (AvgIpc) is 2.71. The van der Waals surface area contributed by atoms with Crippen LogP contribution in [0.3, 0.4) is 0 Å². The van der Waals surface area contributed by atoms with Crippen molar-refractivity contribution in [1.29, 1.82) is 5.26 Å². The van der Waals surface area contributed by atoms with Gasteiger partial charge in [0.1, 0.15) is 6.07 Å². The van der Waals surface area contributed by atoms with Gasteiger partial charge in [-0.15, -0.1) is 11.8 Å². The molecular formula is C12H14N2S. The largest absolute Gasteiger partial charge is 0.244 e. The fraction of sp³-hybridized carbons (Fsp3) is 0.500. The summed E-state index contributed by atoms with van der Waals surface area (Å²) in [7, 11) is 0. The van der Waals surface area contributed by atoms with Crippen LogP contribution in [0.15, 0.2) is 17.2 Å². The number of hydrogen-bond acceptors (Lipinski definition) is 3. The third-order valence-electron chi connectivity index (χ3n) is 2.69. The van der Waals surface area contributed by atoms with Gasteiger partial charge in [-0.3, -0.25) is 0 Å². The van der Waals surface area contributed by atoms with E-state index >= 15 is 0 Å². The van der Waals surface area contributed by atoms with Crippen LogP contribution in [0, 0.1) is 18.3 Å². The van der Waals surface area contributed by atoms with Gasteiger partial charge in [0, 0.05) is 16.3 Å². The topological polar surface area (TPSA) is 36.7 Å². The molecule has 1 aromatic rings. The van der Waals surface area contributed by atoms with Crippen LogP contribution in [-0.2, 0) is 0 Å². The van der Waals surface area contributed by atoms with Gasteiger partial charge in [0.2, 0.25) is 0 Å². The smallest absolute Gasteiger partial charge is 0.154 e. The van der Waals surface area contributed by atoms with Gasteiger partial charge in [0.15, 0.2) is 5.69 Å². The molecule has 3 heteroatoms. The first kappa shape index (κ1) is 10.5. The van der Waals surface area contributed by atoms with Crippen LogP contribution in [0.5, 0.6) is 0 Å². The molecular weight excluding hydrogens is 204 g/mol. The van der Waals surface area contributed by atoms with Crippen molar-refractivity contribution in [3.8, 4) is 6.07 Å². The van der Waals surface area contributed by atoms with Crippen molar-refractivity contribution in [1.82, 2.24) is 4.98 Å². The summed E-state index contributed by atoms with van der Waals surface area (Å²) in [5, 5.41) is 9.65. The molecule has 2 nitrogen and oxygen atoms in total.